The first kappa shape index (κ1) is 29.0. The molecule has 1 heteroatoms. The van der Waals surface area contributed by atoms with E-state index in [9.17, 15) is 0 Å². The highest BCUT2D eigenvalue weighted by atomic mass is 16.5. The Bertz CT molecular complexity index is 2470. The van der Waals surface area contributed by atoms with Gasteiger partial charge in [-0.2, -0.15) is 0 Å². The molecule has 1 heterocycles. The Morgan fingerprint density at radius 3 is 2.00 bits per heavy atom. The lowest BCUT2D eigenvalue weighted by molar-refractivity contribution is 0.427. The van der Waals surface area contributed by atoms with E-state index >= 15 is 0 Å². The first-order valence-electron chi connectivity index (χ1n) is 17.7. The fourth-order valence-electron chi connectivity index (χ4n) is 9.12. The van der Waals surface area contributed by atoms with E-state index in [1.165, 1.54) is 72.3 Å². The van der Waals surface area contributed by atoms with Gasteiger partial charge in [0.25, 0.3) is 0 Å². The molecule has 1 aliphatic heterocycles. The molecule has 7 aromatic rings. The molecular weight excluding hydrogens is 605 g/mol. The summed E-state index contributed by atoms with van der Waals surface area (Å²) in [6.45, 7) is 2.34. The van der Waals surface area contributed by atoms with Crippen LogP contribution in [0.2, 0.25) is 0 Å². The van der Waals surface area contributed by atoms with Crippen LogP contribution >= 0.6 is 0 Å². The molecule has 7 aromatic carbocycles. The van der Waals surface area contributed by atoms with Crippen molar-refractivity contribution < 1.29 is 4.74 Å². The maximum atomic E-state index is 6.58. The third-order valence-corrected chi connectivity index (χ3v) is 11.5. The SMILES string of the molecule is CC1(c2ccccc2)c2ccccc2Oc2ccc(-c3cccc(C4(c5ccccc5)c5ccccc5-c5cc6c(cc54)CCC=C6)c3)cc21. The van der Waals surface area contributed by atoms with Crippen LogP contribution in [0.1, 0.15) is 63.4 Å². The molecule has 3 aliphatic rings. The first-order valence-corrected chi connectivity index (χ1v) is 17.7. The van der Waals surface area contributed by atoms with Gasteiger partial charge in [-0.25, -0.2) is 0 Å². The van der Waals surface area contributed by atoms with Crippen LogP contribution in [-0.4, -0.2) is 0 Å². The monoisotopic (exact) mass is 640 g/mol. The van der Waals surface area contributed by atoms with Gasteiger partial charge in [0.15, 0.2) is 0 Å². The first-order chi connectivity index (χ1) is 24.7. The van der Waals surface area contributed by atoms with Gasteiger partial charge in [-0.15, -0.1) is 0 Å². The average Bonchev–Trinajstić information content (AvgIpc) is 3.47. The molecule has 50 heavy (non-hydrogen) atoms. The molecule has 2 unspecified atom stereocenters. The lowest BCUT2D eigenvalue weighted by atomic mass is 9.66. The molecule has 2 aliphatic carbocycles. The third-order valence-electron chi connectivity index (χ3n) is 11.5. The van der Waals surface area contributed by atoms with Gasteiger partial charge < -0.3 is 4.74 Å². The Morgan fingerprint density at radius 2 is 1.16 bits per heavy atom. The molecule has 0 radical (unpaired) electrons. The number of benzene rings is 7. The van der Waals surface area contributed by atoms with Crippen LogP contribution in [0.3, 0.4) is 0 Å². The summed E-state index contributed by atoms with van der Waals surface area (Å²) in [7, 11) is 0. The van der Waals surface area contributed by atoms with Gasteiger partial charge in [-0.1, -0.05) is 146 Å². The standard InChI is InChI=1S/C49H36O/c1-48(37-18-4-2-5-19-37)43-25-12-13-26-46(43)50-47-28-27-36(32-45(47)48)33-17-14-22-39(29-33)49(38-20-6-3-7-21-38)42-24-11-10-23-40(42)41-30-34-15-8-9-16-35(34)31-44(41)49/h2-8,10-15,17-32H,9,16H2,1H3. The zero-order valence-electron chi connectivity index (χ0n) is 28.1. The molecule has 0 amide bonds. The van der Waals surface area contributed by atoms with Crippen LogP contribution in [-0.2, 0) is 17.3 Å². The maximum Gasteiger partial charge on any atom is 0.131 e. The number of hydrogen-bond donors (Lipinski definition) is 0. The van der Waals surface area contributed by atoms with Crippen molar-refractivity contribution in [2.45, 2.75) is 30.6 Å². The average molecular weight is 641 g/mol. The Morgan fingerprint density at radius 1 is 0.480 bits per heavy atom. The lowest BCUT2D eigenvalue weighted by Gasteiger charge is -2.38. The second kappa shape index (κ2) is 11.1. The van der Waals surface area contributed by atoms with Crippen molar-refractivity contribution in [1.29, 1.82) is 0 Å². The van der Waals surface area contributed by atoms with Crippen molar-refractivity contribution in [3.63, 3.8) is 0 Å². The minimum atomic E-state index is -0.450. The van der Waals surface area contributed by atoms with Gasteiger partial charge >= 0.3 is 0 Å². The van der Waals surface area contributed by atoms with Crippen molar-refractivity contribution in [2.75, 3.05) is 0 Å². The van der Waals surface area contributed by atoms with E-state index in [4.69, 9.17) is 4.74 Å². The van der Waals surface area contributed by atoms with Crippen LogP contribution in [0.15, 0.2) is 170 Å². The van der Waals surface area contributed by atoms with Crippen LogP contribution in [0.5, 0.6) is 11.5 Å². The van der Waals surface area contributed by atoms with E-state index in [0.717, 1.165) is 24.3 Å². The van der Waals surface area contributed by atoms with E-state index in [-0.39, 0.29) is 5.41 Å². The molecule has 0 N–H and O–H groups in total. The van der Waals surface area contributed by atoms with Crippen molar-refractivity contribution >= 4 is 6.08 Å². The predicted octanol–water partition coefficient (Wildman–Crippen LogP) is 12.1. The van der Waals surface area contributed by atoms with E-state index in [1.54, 1.807) is 0 Å². The zero-order chi connectivity index (χ0) is 33.3. The summed E-state index contributed by atoms with van der Waals surface area (Å²) in [6, 6.07) is 60.6. The second-order valence-corrected chi connectivity index (χ2v) is 14.1. The van der Waals surface area contributed by atoms with Crippen LogP contribution in [0.25, 0.3) is 28.3 Å². The van der Waals surface area contributed by atoms with E-state index < -0.39 is 5.41 Å². The topological polar surface area (TPSA) is 9.23 Å². The summed E-state index contributed by atoms with van der Waals surface area (Å²) in [5, 5.41) is 0. The molecule has 0 spiro atoms. The minimum absolute atomic E-state index is 0.374. The second-order valence-electron chi connectivity index (χ2n) is 14.1. The van der Waals surface area contributed by atoms with Crippen molar-refractivity contribution in [1.82, 2.24) is 0 Å². The summed E-state index contributed by atoms with van der Waals surface area (Å²) in [5.74, 6) is 1.83. The van der Waals surface area contributed by atoms with Crippen LogP contribution < -0.4 is 4.74 Å². The Kier molecular flexibility index (Phi) is 6.42. The van der Waals surface area contributed by atoms with E-state index in [2.05, 4.69) is 183 Å². The molecule has 10 rings (SSSR count). The van der Waals surface area contributed by atoms with Crippen LogP contribution in [0.4, 0.5) is 0 Å². The van der Waals surface area contributed by atoms with Crippen LogP contribution in [0, 0.1) is 0 Å². The molecule has 0 fully saturated rings. The highest BCUT2D eigenvalue weighted by Crippen LogP contribution is 2.58. The molecule has 1 nitrogen and oxygen atoms in total. The van der Waals surface area contributed by atoms with Gasteiger partial charge in [0, 0.05) is 16.5 Å². The smallest absolute Gasteiger partial charge is 0.131 e. The molecule has 238 valence electrons. The highest BCUT2D eigenvalue weighted by molar-refractivity contribution is 5.88. The Hall–Kier alpha value is -5.92. The number of ether oxygens (including phenoxy) is 1. The normalized spacial score (nSPS) is 19.4. The number of aryl methyl sites for hydroxylation is 1. The van der Waals surface area contributed by atoms with E-state index in [1.807, 2.05) is 0 Å². The molecular formula is C49H36O. The highest BCUT2D eigenvalue weighted by Gasteiger charge is 2.47. The van der Waals surface area contributed by atoms with Gasteiger partial charge in [-0.05, 0) is 111 Å². The minimum Gasteiger partial charge on any atom is -0.457 e. The summed E-state index contributed by atoms with van der Waals surface area (Å²) in [5.41, 5.74) is 15.9. The number of para-hydroxylation sites is 1. The number of allylic oxidation sites excluding steroid dienone is 1. The summed E-state index contributed by atoms with van der Waals surface area (Å²) < 4.78 is 6.58. The summed E-state index contributed by atoms with van der Waals surface area (Å²) >= 11 is 0. The quantitative estimate of drug-likeness (QED) is 0.186. The van der Waals surface area contributed by atoms with Gasteiger partial charge in [0.1, 0.15) is 11.5 Å². The van der Waals surface area contributed by atoms with Gasteiger partial charge in [0.2, 0.25) is 0 Å². The zero-order valence-corrected chi connectivity index (χ0v) is 28.1. The molecule has 0 aromatic heterocycles. The fourth-order valence-corrected chi connectivity index (χ4v) is 9.12. The van der Waals surface area contributed by atoms with E-state index in [0.29, 0.717) is 0 Å². The van der Waals surface area contributed by atoms with Crippen molar-refractivity contribution in [3.05, 3.63) is 220 Å². The molecule has 0 saturated heterocycles. The van der Waals surface area contributed by atoms with Crippen molar-refractivity contribution in [3.8, 4) is 33.8 Å². The molecule has 0 bridgehead atoms. The summed E-state index contributed by atoms with van der Waals surface area (Å²) in [6.07, 6.45) is 6.78. The van der Waals surface area contributed by atoms with Gasteiger partial charge in [-0.3, -0.25) is 0 Å². The lowest BCUT2D eigenvalue weighted by Crippen LogP contribution is -2.29. The number of rotatable bonds is 4. The number of fused-ring (bicyclic) bond motifs is 6. The Balaban J connectivity index is 1.20. The van der Waals surface area contributed by atoms with Crippen molar-refractivity contribution in [2.24, 2.45) is 0 Å². The largest absolute Gasteiger partial charge is 0.457 e. The Labute approximate surface area is 294 Å². The third kappa shape index (κ3) is 4.07. The molecule has 0 saturated carbocycles. The fraction of sp³-hybridized carbons (Fsp3) is 0.102. The summed E-state index contributed by atoms with van der Waals surface area (Å²) in [4.78, 5) is 0. The molecule has 2 atom stereocenters. The predicted molar refractivity (Wildman–Crippen MR) is 205 cm³/mol. The maximum absolute atomic E-state index is 6.58. The number of hydrogen-bond acceptors (Lipinski definition) is 1. The van der Waals surface area contributed by atoms with Gasteiger partial charge in [0.05, 0.1) is 5.41 Å².